The van der Waals surface area contributed by atoms with E-state index in [0.29, 0.717) is 0 Å². The smallest absolute Gasteiger partial charge is 0.322 e. The molecule has 3 nitrogen and oxygen atoms in total. The van der Waals surface area contributed by atoms with Gasteiger partial charge in [0.2, 0.25) is 0 Å². The standard InChI is InChI=1S/C12H16BrNO2/c1-8(14-9(2)12(15)16-3)10-5-4-6-11(13)7-10/h4-9,14H,1-3H3. The molecular formula is C12H16BrNO2. The minimum atomic E-state index is -0.306. The number of hydrogen-bond acceptors (Lipinski definition) is 3. The highest BCUT2D eigenvalue weighted by atomic mass is 79.9. The first-order valence-electron chi connectivity index (χ1n) is 5.14. The third-order valence-electron chi connectivity index (χ3n) is 2.40. The van der Waals surface area contributed by atoms with Crippen molar-refractivity contribution in [1.29, 1.82) is 0 Å². The number of benzene rings is 1. The highest BCUT2D eigenvalue weighted by Crippen LogP contribution is 2.18. The van der Waals surface area contributed by atoms with Crippen molar-refractivity contribution in [3.8, 4) is 0 Å². The number of carbonyl (C=O) groups is 1. The Hall–Kier alpha value is -0.870. The van der Waals surface area contributed by atoms with Crippen LogP contribution in [0.4, 0.5) is 0 Å². The van der Waals surface area contributed by atoms with E-state index in [1.807, 2.05) is 31.2 Å². The normalized spacial score (nSPS) is 14.2. The molecule has 1 rings (SSSR count). The second-order valence-electron chi connectivity index (χ2n) is 3.69. The van der Waals surface area contributed by atoms with Crippen LogP contribution in [0.2, 0.25) is 0 Å². The van der Waals surface area contributed by atoms with Gasteiger partial charge in [-0.15, -0.1) is 0 Å². The molecule has 0 saturated carbocycles. The van der Waals surface area contributed by atoms with Gasteiger partial charge < -0.3 is 4.74 Å². The molecule has 0 bridgehead atoms. The highest BCUT2D eigenvalue weighted by molar-refractivity contribution is 9.10. The van der Waals surface area contributed by atoms with Crippen molar-refractivity contribution in [3.05, 3.63) is 34.3 Å². The predicted octanol–water partition coefficient (Wildman–Crippen LogP) is 2.66. The van der Waals surface area contributed by atoms with Crippen molar-refractivity contribution in [2.45, 2.75) is 25.9 Å². The molecule has 0 amide bonds. The number of methoxy groups -OCH3 is 1. The number of halogens is 1. The van der Waals surface area contributed by atoms with Crippen LogP contribution < -0.4 is 5.32 Å². The van der Waals surface area contributed by atoms with Crippen molar-refractivity contribution in [2.75, 3.05) is 7.11 Å². The summed E-state index contributed by atoms with van der Waals surface area (Å²) < 4.78 is 5.69. The number of carbonyl (C=O) groups excluding carboxylic acids is 1. The minimum Gasteiger partial charge on any atom is -0.468 e. The average molecular weight is 286 g/mol. The second kappa shape index (κ2) is 6.01. The maximum absolute atomic E-state index is 11.3. The lowest BCUT2D eigenvalue weighted by atomic mass is 10.1. The number of hydrogen-bond donors (Lipinski definition) is 1. The number of rotatable bonds is 4. The topological polar surface area (TPSA) is 38.3 Å². The fraction of sp³-hybridized carbons (Fsp3) is 0.417. The van der Waals surface area contributed by atoms with Crippen LogP contribution >= 0.6 is 15.9 Å². The lowest BCUT2D eigenvalue weighted by molar-refractivity contribution is -0.142. The summed E-state index contributed by atoms with van der Waals surface area (Å²) in [6.07, 6.45) is 0. The molecule has 0 fully saturated rings. The Morgan fingerprint density at radius 3 is 2.69 bits per heavy atom. The van der Waals surface area contributed by atoms with Gasteiger partial charge in [0.15, 0.2) is 0 Å². The van der Waals surface area contributed by atoms with Gasteiger partial charge in [0, 0.05) is 10.5 Å². The maximum Gasteiger partial charge on any atom is 0.322 e. The molecule has 1 aromatic rings. The van der Waals surface area contributed by atoms with Crippen molar-refractivity contribution in [3.63, 3.8) is 0 Å². The molecule has 2 atom stereocenters. The first-order valence-corrected chi connectivity index (χ1v) is 5.93. The van der Waals surface area contributed by atoms with E-state index in [1.54, 1.807) is 6.92 Å². The molecule has 4 heteroatoms. The fourth-order valence-corrected chi connectivity index (χ4v) is 1.91. The Bertz CT molecular complexity index is 368. The van der Waals surface area contributed by atoms with Crippen molar-refractivity contribution in [2.24, 2.45) is 0 Å². The Labute approximate surface area is 104 Å². The van der Waals surface area contributed by atoms with Gasteiger partial charge in [0.05, 0.1) is 7.11 Å². The lowest BCUT2D eigenvalue weighted by Gasteiger charge is -2.18. The third kappa shape index (κ3) is 3.61. The van der Waals surface area contributed by atoms with E-state index in [2.05, 4.69) is 26.0 Å². The Balaban J connectivity index is 2.65. The fourth-order valence-electron chi connectivity index (χ4n) is 1.49. The minimum absolute atomic E-state index is 0.103. The summed E-state index contributed by atoms with van der Waals surface area (Å²) in [5.41, 5.74) is 1.13. The zero-order chi connectivity index (χ0) is 12.1. The third-order valence-corrected chi connectivity index (χ3v) is 2.90. The van der Waals surface area contributed by atoms with E-state index in [4.69, 9.17) is 0 Å². The average Bonchev–Trinajstić information content (AvgIpc) is 2.27. The second-order valence-corrected chi connectivity index (χ2v) is 4.60. The van der Waals surface area contributed by atoms with Gasteiger partial charge >= 0.3 is 5.97 Å². The molecular weight excluding hydrogens is 270 g/mol. The van der Waals surface area contributed by atoms with E-state index in [1.165, 1.54) is 7.11 Å². The van der Waals surface area contributed by atoms with Gasteiger partial charge in [0.1, 0.15) is 6.04 Å². The SMILES string of the molecule is COC(=O)C(C)NC(C)c1cccc(Br)c1. The van der Waals surface area contributed by atoms with Crippen LogP contribution in [0.25, 0.3) is 0 Å². The predicted molar refractivity (Wildman–Crippen MR) is 67.2 cm³/mol. The van der Waals surface area contributed by atoms with Gasteiger partial charge in [-0.3, -0.25) is 10.1 Å². The van der Waals surface area contributed by atoms with Gasteiger partial charge in [-0.05, 0) is 31.5 Å². The summed E-state index contributed by atoms with van der Waals surface area (Å²) in [6, 6.07) is 7.79. The zero-order valence-corrected chi connectivity index (χ0v) is 11.2. The Morgan fingerprint density at radius 2 is 2.12 bits per heavy atom. The Kier molecular flexibility index (Phi) is 4.96. The van der Waals surface area contributed by atoms with E-state index < -0.39 is 0 Å². The monoisotopic (exact) mass is 285 g/mol. The first-order chi connectivity index (χ1) is 7.54. The van der Waals surface area contributed by atoms with Crippen LogP contribution in [-0.4, -0.2) is 19.1 Å². The van der Waals surface area contributed by atoms with Gasteiger partial charge in [-0.25, -0.2) is 0 Å². The van der Waals surface area contributed by atoms with Crippen LogP contribution in [0, 0.1) is 0 Å². The molecule has 1 N–H and O–H groups in total. The zero-order valence-electron chi connectivity index (χ0n) is 9.66. The van der Waals surface area contributed by atoms with E-state index in [-0.39, 0.29) is 18.1 Å². The molecule has 88 valence electrons. The van der Waals surface area contributed by atoms with E-state index in [0.717, 1.165) is 10.0 Å². The summed E-state index contributed by atoms with van der Waals surface area (Å²) in [5, 5.41) is 3.18. The van der Waals surface area contributed by atoms with Crippen LogP contribution in [0.15, 0.2) is 28.7 Å². The molecule has 0 heterocycles. The van der Waals surface area contributed by atoms with Crippen LogP contribution in [0.5, 0.6) is 0 Å². The van der Waals surface area contributed by atoms with Crippen LogP contribution in [0.3, 0.4) is 0 Å². The maximum atomic E-state index is 11.3. The van der Waals surface area contributed by atoms with E-state index in [9.17, 15) is 4.79 Å². The molecule has 1 aromatic carbocycles. The van der Waals surface area contributed by atoms with Crippen LogP contribution in [0.1, 0.15) is 25.5 Å². The summed E-state index contributed by atoms with van der Waals surface area (Å²) in [6.45, 7) is 3.81. The van der Waals surface area contributed by atoms with Crippen molar-refractivity contribution < 1.29 is 9.53 Å². The summed E-state index contributed by atoms with van der Waals surface area (Å²) in [7, 11) is 1.39. The molecule has 0 aliphatic heterocycles. The Morgan fingerprint density at radius 1 is 1.44 bits per heavy atom. The first kappa shape index (κ1) is 13.2. The molecule has 0 saturated heterocycles. The van der Waals surface area contributed by atoms with Gasteiger partial charge in [0.25, 0.3) is 0 Å². The van der Waals surface area contributed by atoms with Crippen molar-refractivity contribution in [1.82, 2.24) is 5.32 Å². The molecule has 0 aliphatic rings. The van der Waals surface area contributed by atoms with Gasteiger partial charge in [-0.2, -0.15) is 0 Å². The molecule has 0 aliphatic carbocycles. The highest BCUT2D eigenvalue weighted by Gasteiger charge is 2.16. The van der Waals surface area contributed by atoms with Crippen LogP contribution in [-0.2, 0) is 9.53 Å². The quantitative estimate of drug-likeness (QED) is 0.865. The molecule has 16 heavy (non-hydrogen) atoms. The number of esters is 1. The van der Waals surface area contributed by atoms with E-state index >= 15 is 0 Å². The molecule has 0 spiro atoms. The summed E-state index contributed by atoms with van der Waals surface area (Å²) in [5.74, 6) is -0.248. The molecule has 0 radical (unpaired) electrons. The largest absolute Gasteiger partial charge is 0.468 e. The molecule has 2 unspecified atom stereocenters. The molecule has 0 aromatic heterocycles. The van der Waals surface area contributed by atoms with Crippen molar-refractivity contribution >= 4 is 21.9 Å². The lowest BCUT2D eigenvalue weighted by Crippen LogP contribution is -2.36. The summed E-state index contributed by atoms with van der Waals surface area (Å²) in [4.78, 5) is 11.3. The summed E-state index contributed by atoms with van der Waals surface area (Å²) >= 11 is 3.42. The number of ether oxygens (including phenoxy) is 1. The van der Waals surface area contributed by atoms with Gasteiger partial charge in [-0.1, -0.05) is 28.1 Å². The number of nitrogens with one attached hydrogen (secondary N) is 1.